The van der Waals surface area contributed by atoms with Gasteiger partial charge in [-0.15, -0.1) is 0 Å². The minimum absolute atomic E-state index is 0.152. The molecule has 2 aromatic rings. The van der Waals surface area contributed by atoms with Gasteiger partial charge in [-0.2, -0.15) is 0 Å². The van der Waals surface area contributed by atoms with Crippen LogP contribution in [0, 0.1) is 15.9 Å². The van der Waals surface area contributed by atoms with Gasteiger partial charge in [0.25, 0.3) is 5.69 Å². The summed E-state index contributed by atoms with van der Waals surface area (Å²) in [6, 6.07) is 9.20. The highest BCUT2D eigenvalue weighted by molar-refractivity contribution is 7.90. The second kappa shape index (κ2) is 6.56. The van der Waals surface area contributed by atoms with Crippen LogP contribution >= 0.6 is 0 Å². The van der Waals surface area contributed by atoms with Gasteiger partial charge >= 0.3 is 0 Å². The third-order valence-electron chi connectivity index (χ3n) is 3.89. The highest BCUT2D eigenvalue weighted by Gasteiger charge is 2.22. The van der Waals surface area contributed by atoms with Crippen molar-refractivity contribution < 1.29 is 17.7 Å². The van der Waals surface area contributed by atoms with E-state index in [9.17, 15) is 22.9 Å². The molecule has 0 N–H and O–H groups in total. The van der Waals surface area contributed by atoms with E-state index in [1.807, 2.05) is 0 Å². The standard InChI is InChI=1S/C16H17FN2O4S/c1-11(12-4-7-14(8-5-12)24(3,22)23)18(2)16-10-13(17)6-9-15(16)19(20)21/h4-11H,1-3H3. The molecule has 24 heavy (non-hydrogen) atoms. The lowest BCUT2D eigenvalue weighted by atomic mass is 10.1. The van der Waals surface area contributed by atoms with Crippen molar-refractivity contribution in [1.82, 2.24) is 0 Å². The first-order chi connectivity index (χ1) is 11.1. The zero-order valence-electron chi connectivity index (χ0n) is 13.4. The molecule has 0 aliphatic rings. The van der Waals surface area contributed by atoms with Crippen LogP contribution in [0.4, 0.5) is 15.8 Å². The van der Waals surface area contributed by atoms with E-state index in [-0.39, 0.29) is 22.3 Å². The van der Waals surface area contributed by atoms with Crippen LogP contribution in [0.3, 0.4) is 0 Å². The normalized spacial score (nSPS) is 12.7. The molecule has 128 valence electrons. The molecule has 0 aliphatic carbocycles. The number of nitro groups is 1. The summed E-state index contributed by atoms with van der Waals surface area (Å²) in [5.74, 6) is -0.568. The Hall–Kier alpha value is -2.48. The molecule has 8 heteroatoms. The molecule has 0 aliphatic heterocycles. The lowest BCUT2D eigenvalue weighted by Gasteiger charge is -2.27. The second-order valence-electron chi connectivity index (χ2n) is 5.52. The molecule has 1 unspecified atom stereocenters. The average Bonchev–Trinajstić information content (AvgIpc) is 2.52. The van der Waals surface area contributed by atoms with Gasteiger partial charge in [0.15, 0.2) is 9.84 Å². The van der Waals surface area contributed by atoms with Gasteiger partial charge in [0.05, 0.1) is 15.9 Å². The Morgan fingerprint density at radius 2 is 1.75 bits per heavy atom. The zero-order valence-corrected chi connectivity index (χ0v) is 14.2. The molecule has 2 rings (SSSR count). The number of hydrogen-bond donors (Lipinski definition) is 0. The number of halogens is 1. The van der Waals surface area contributed by atoms with Gasteiger partial charge in [-0.05, 0) is 30.7 Å². The van der Waals surface area contributed by atoms with Gasteiger partial charge in [0.1, 0.15) is 11.5 Å². The molecule has 2 aromatic carbocycles. The average molecular weight is 352 g/mol. The lowest BCUT2D eigenvalue weighted by Crippen LogP contribution is -2.22. The number of hydrogen-bond acceptors (Lipinski definition) is 5. The Bertz CT molecular complexity index is 866. The van der Waals surface area contributed by atoms with Crippen molar-refractivity contribution in [3.63, 3.8) is 0 Å². The fraction of sp³-hybridized carbons (Fsp3) is 0.250. The van der Waals surface area contributed by atoms with Crippen molar-refractivity contribution in [2.24, 2.45) is 0 Å². The molecule has 0 heterocycles. The molecule has 0 bridgehead atoms. The molecule has 0 radical (unpaired) electrons. The van der Waals surface area contributed by atoms with E-state index < -0.39 is 20.6 Å². The van der Waals surface area contributed by atoms with Crippen LogP contribution in [0.25, 0.3) is 0 Å². The highest BCUT2D eigenvalue weighted by atomic mass is 32.2. The van der Waals surface area contributed by atoms with E-state index in [2.05, 4.69) is 0 Å². The number of benzene rings is 2. The van der Waals surface area contributed by atoms with E-state index >= 15 is 0 Å². The van der Waals surface area contributed by atoms with Crippen LogP contribution in [0.5, 0.6) is 0 Å². The summed E-state index contributed by atoms with van der Waals surface area (Å²) >= 11 is 0. The van der Waals surface area contributed by atoms with Crippen molar-refractivity contribution in [1.29, 1.82) is 0 Å². The topological polar surface area (TPSA) is 80.5 Å². The van der Waals surface area contributed by atoms with E-state index in [1.165, 1.54) is 12.1 Å². The number of anilines is 1. The van der Waals surface area contributed by atoms with Crippen molar-refractivity contribution in [3.8, 4) is 0 Å². The minimum Gasteiger partial charge on any atom is -0.362 e. The SMILES string of the molecule is CC(c1ccc(S(C)(=O)=O)cc1)N(C)c1cc(F)ccc1[N+](=O)[O-]. The predicted molar refractivity (Wildman–Crippen MR) is 89.4 cm³/mol. The van der Waals surface area contributed by atoms with Gasteiger partial charge in [-0.25, -0.2) is 12.8 Å². The first-order valence-electron chi connectivity index (χ1n) is 7.08. The Morgan fingerprint density at radius 1 is 1.17 bits per heavy atom. The number of nitrogens with zero attached hydrogens (tertiary/aromatic N) is 2. The molecule has 0 saturated heterocycles. The van der Waals surface area contributed by atoms with Gasteiger partial charge < -0.3 is 4.90 Å². The monoisotopic (exact) mass is 352 g/mol. The molecule has 0 amide bonds. The van der Waals surface area contributed by atoms with Gasteiger partial charge in [0.2, 0.25) is 0 Å². The van der Waals surface area contributed by atoms with Gasteiger partial charge in [0, 0.05) is 25.4 Å². The Labute approximate surface area is 139 Å². The highest BCUT2D eigenvalue weighted by Crippen LogP contribution is 2.33. The molecule has 0 aromatic heterocycles. The Kier molecular flexibility index (Phi) is 4.88. The maximum Gasteiger partial charge on any atom is 0.292 e. The van der Waals surface area contributed by atoms with Crippen LogP contribution in [0.1, 0.15) is 18.5 Å². The van der Waals surface area contributed by atoms with E-state index in [0.717, 1.165) is 30.0 Å². The summed E-state index contributed by atoms with van der Waals surface area (Å²) in [5, 5.41) is 11.1. The quantitative estimate of drug-likeness (QED) is 0.609. The van der Waals surface area contributed by atoms with Gasteiger partial charge in [-0.1, -0.05) is 12.1 Å². The second-order valence-corrected chi connectivity index (χ2v) is 7.53. The van der Waals surface area contributed by atoms with Crippen LogP contribution < -0.4 is 4.90 Å². The first-order valence-corrected chi connectivity index (χ1v) is 8.97. The van der Waals surface area contributed by atoms with Crippen molar-refractivity contribution >= 4 is 21.2 Å². The minimum atomic E-state index is -3.29. The van der Waals surface area contributed by atoms with E-state index in [1.54, 1.807) is 31.0 Å². The van der Waals surface area contributed by atoms with Gasteiger partial charge in [-0.3, -0.25) is 10.1 Å². The summed E-state index contributed by atoms with van der Waals surface area (Å²) < 4.78 is 36.5. The summed E-state index contributed by atoms with van der Waals surface area (Å²) in [6.07, 6.45) is 1.12. The molecular weight excluding hydrogens is 335 g/mol. The summed E-state index contributed by atoms with van der Waals surface area (Å²) in [5.41, 5.74) is 0.710. The van der Waals surface area contributed by atoms with Crippen LogP contribution in [-0.4, -0.2) is 26.6 Å². The van der Waals surface area contributed by atoms with Crippen LogP contribution in [0.15, 0.2) is 47.4 Å². The van der Waals surface area contributed by atoms with E-state index in [4.69, 9.17) is 0 Å². The van der Waals surface area contributed by atoms with Crippen LogP contribution in [0.2, 0.25) is 0 Å². The first kappa shape index (κ1) is 17.9. The third kappa shape index (κ3) is 3.70. The molecule has 0 saturated carbocycles. The zero-order chi connectivity index (χ0) is 18.1. The maximum atomic E-state index is 13.5. The summed E-state index contributed by atoms with van der Waals surface area (Å²) in [7, 11) is -1.67. The smallest absolute Gasteiger partial charge is 0.292 e. The van der Waals surface area contributed by atoms with Crippen molar-refractivity contribution in [2.45, 2.75) is 17.9 Å². The Balaban J connectivity index is 2.38. The van der Waals surface area contributed by atoms with Crippen molar-refractivity contribution in [3.05, 3.63) is 64.0 Å². The molecular formula is C16H17FN2O4S. The maximum absolute atomic E-state index is 13.5. The molecule has 6 nitrogen and oxygen atoms in total. The third-order valence-corrected chi connectivity index (χ3v) is 5.01. The molecule has 1 atom stereocenters. The number of sulfone groups is 1. The lowest BCUT2D eigenvalue weighted by molar-refractivity contribution is -0.384. The van der Waals surface area contributed by atoms with Crippen molar-refractivity contribution in [2.75, 3.05) is 18.2 Å². The molecule has 0 fully saturated rings. The number of rotatable bonds is 5. The fourth-order valence-electron chi connectivity index (χ4n) is 2.36. The van der Waals surface area contributed by atoms with Crippen LogP contribution in [-0.2, 0) is 9.84 Å². The number of nitro benzene ring substituents is 1. The Morgan fingerprint density at radius 3 is 2.25 bits per heavy atom. The predicted octanol–water partition coefficient (Wildman–Crippen LogP) is 3.33. The largest absolute Gasteiger partial charge is 0.362 e. The summed E-state index contributed by atoms with van der Waals surface area (Å²) in [4.78, 5) is 12.3. The molecule has 0 spiro atoms. The van der Waals surface area contributed by atoms with E-state index in [0.29, 0.717) is 0 Å². The summed E-state index contributed by atoms with van der Waals surface area (Å²) in [6.45, 7) is 1.80. The fourth-order valence-corrected chi connectivity index (χ4v) is 2.99.